The van der Waals surface area contributed by atoms with Crippen molar-refractivity contribution in [2.45, 2.75) is 77.2 Å². The quantitative estimate of drug-likeness (QED) is 0.351. The average Bonchev–Trinajstić information content (AvgIpc) is 3.61. The van der Waals surface area contributed by atoms with Gasteiger partial charge in [0.2, 0.25) is 0 Å². The van der Waals surface area contributed by atoms with E-state index in [9.17, 15) is 0 Å². The second-order valence-electron chi connectivity index (χ2n) is 9.84. The first-order valence-corrected chi connectivity index (χ1v) is 12.2. The Hall–Kier alpha value is -1.26. The van der Waals surface area contributed by atoms with E-state index in [1.54, 1.807) is 7.11 Å². The second-order valence-corrected chi connectivity index (χ2v) is 9.84. The number of allylic oxidation sites excluding steroid dienone is 3. The highest BCUT2D eigenvalue weighted by Gasteiger charge is 2.27. The lowest BCUT2D eigenvalue weighted by Crippen LogP contribution is -2.18. The van der Waals surface area contributed by atoms with Gasteiger partial charge in [0.15, 0.2) is 11.5 Å². The van der Waals surface area contributed by atoms with Gasteiger partial charge in [0.1, 0.15) is 6.61 Å². The molecule has 3 fully saturated rings. The Morgan fingerprint density at radius 3 is 2.40 bits per heavy atom. The normalized spacial score (nSPS) is 23.4. The van der Waals surface area contributed by atoms with Crippen LogP contribution in [0.3, 0.4) is 0 Å². The topological polar surface area (TPSA) is 36.9 Å². The van der Waals surface area contributed by atoms with Crippen LogP contribution in [0.15, 0.2) is 34.8 Å². The first-order chi connectivity index (χ1) is 14.7. The fourth-order valence-electron chi connectivity index (χ4n) is 3.96. The summed E-state index contributed by atoms with van der Waals surface area (Å²) in [4.78, 5) is 0. The summed E-state index contributed by atoms with van der Waals surface area (Å²) in [5.41, 5.74) is 2.62. The molecule has 0 radical (unpaired) electrons. The summed E-state index contributed by atoms with van der Waals surface area (Å²) in [6, 6.07) is 0. The summed E-state index contributed by atoms with van der Waals surface area (Å²) in [7, 11) is 1.74. The third-order valence-electron chi connectivity index (χ3n) is 6.86. The zero-order valence-corrected chi connectivity index (χ0v) is 19.0. The highest BCUT2D eigenvalue weighted by Crippen LogP contribution is 2.38. The van der Waals surface area contributed by atoms with Crippen molar-refractivity contribution >= 4 is 0 Å². The Bertz CT molecular complexity index is 650. The summed E-state index contributed by atoms with van der Waals surface area (Å²) in [5, 5.41) is 0. The summed E-state index contributed by atoms with van der Waals surface area (Å²) < 4.78 is 24.2. The molecule has 0 bridgehead atoms. The predicted octanol–water partition coefficient (Wildman–Crippen LogP) is 5.94. The molecule has 4 aliphatic rings. The van der Waals surface area contributed by atoms with Crippen molar-refractivity contribution in [2.75, 3.05) is 33.5 Å². The van der Waals surface area contributed by atoms with Gasteiger partial charge in [0.05, 0.1) is 19.3 Å². The molecule has 0 saturated heterocycles. The van der Waals surface area contributed by atoms with E-state index >= 15 is 0 Å². The van der Waals surface area contributed by atoms with Crippen LogP contribution in [0.2, 0.25) is 0 Å². The summed E-state index contributed by atoms with van der Waals surface area (Å²) in [6.45, 7) is 5.02. The van der Waals surface area contributed by atoms with E-state index in [0.29, 0.717) is 6.61 Å². The zero-order valence-electron chi connectivity index (χ0n) is 19.0. The third-order valence-corrected chi connectivity index (χ3v) is 6.86. The van der Waals surface area contributed by atoms with Crippen LogP contribution < -0.4 is 0 Å². The molecule has 0 aromatic heterocycles. The third kappa shape index (κ3) is 6.88. The van der Waals surface area contributed by atoms with Crippen LogP contribution in [-0.2, 0) is 18.9 Å². The van der Waals surface area contributed by atoms with Gasteiger partial charge in [-0.25, -0.2) is 0 Å². The molecule has 0 aromatic carbocycles. The van der Waals surface area contributed by atoms with E-state index in [0.717, 1.165) is 61.9 Å². The van der Waals surface area contributed by atoms with Crippen molar-refractivity contribution in [3.05, 3.63) is 34.8 Å². The number of rotatable bonds is 14. The van der Waals surface area contributed by atoms with Gasteiger partial charge in [-0.2, -0.15) is 0 Å². The molecule has 1 atom stereocenters. The molecular weight excluding hydrogens is 376 g/mol. The van der Waals surface area contributed by atoms with E-state index in [2.05, 4.69) is 12.2 Å². The number of ether oxygens (including phenoxy) is 4. The van der Waals surface area contributed by atoms with Crippen LogP contribution >= 0.6 is 0 Å². The number of hydrogen-bond acceptors (Lipinski definition) is 4. The lowest BCUT2D eigenvalue weighted by atomic mass is 9.86. The predicted molar refractivity (Wildman–Crippen MR) is 119 cm³/mol. The van der Waals surface area contributed by atoms with Gasteiger partial charge < -0.3 is 18.9 Å². The maximum Gasteiger partial charge on any atom is 0.164 e. The Balaban J connectivity index is 1.47. The van der Waals surface area contributed by atoms with Gasteiger partial charge in [-0.1, -0.05) is 25.3 Å². The van der Waals surface area contributed by atoms with E-state index in [1.165, 1.54) is 62.5 Å². The fourth-order valence-corrected chi connectivity index (χ4v) is 3.96. The molecule has 3 saturated carbocycles. The molecule has 168 valence electrons. The molecule has 0 aliphatic heterocycles. The largest absolute Gasteiger partial charge is 0.490 e. The second kappa shape index (κ2) is 10.9. The van der Waals surface area contributed by atoms with E-state index in [4.69, 9.17) is 18.9 Å². The minimum absolute atomic E-state index is 0.0596. The van der Waals surface area contributed by atoms with Crippen LogP contribution in [0.5, 0.6) is 0 Å². The van der Waals surface area contributed by atoms with Gasteiger partial charge in [-0.05, 0) is 86.8 Å². The van der Waals surface area contributed by atoms with Crippen LogP contribution in [0.1, 0.15) is 71.1 Å². The molecule has 0 heterocycles. The molecule has 4 rings (SSSR count). The summed E-state index contributed by atoms with van der Waals surface area (Å²) in [5.74, 6) is 4.27. The van der Waals surface area contributed by atoms with Crippen LogP contribution in [0.4, 0.5) is 0 Å². The van der Waals surface area contributed by atoms with E-state index < -0.39 is 0 Å². The summed E-state index contributed by atoms with van der Waals surface area (Å²) >= 11 is 0. The summed E-state index contributed by atoms with van der Waals surface area (Å²) in [6.07, 6.45) is 17.2. The highest BCUT2D eigenvalue weighted by atomic mass is 16.6. The van der Waals surface area contributed by atoms with Gasteiger partial charge in [0, 0.05) is 13.7 Å². The van der Waals surface area contributed by atoms with Crippen molar-refractivity contribution in [3.8, 4) is 0 Å². The number of methoxy groups -OCH3 is 1. The SMILES string of the molecule is CO[C@H](C)COC1=C(CCC2CC2)C=C(COCC2CCC2)CC=C1OCC1CC1. The Labute approximate surface area is 182 Å². The molecule has 0 N–H and O–H groups in total. The Morgan fingerprint density at radius 1 is 0.967 bits per heavy atom. The molecule has 0 spiro atoms. The lowest BCUT2D eigenvalue weighted by molar-refractivity contribution is 0.0385. The van der Waals surface area contributed by atoms with Crippen molar-refractivity contribution in [3.63, 3.8) is 0 Å². The molecule has 0 amide bonds. The van der Waals surface area contributed by atoms with Crippen LogP contribution in [-0.4, -0.2) is 39.6 Å². The maximum atomic E-state index is 6.34. The monoisotopic (exact) mass is 416 g/mol. The molecule has 0 unspecified atom stereocenters. The van der Waals surface area contributed by atoms with Crippen molar-refractivity contribution in [2.24, 2.45) is 17.8 Å². The molecule has 30 heavy (non-hydrogen) atoms. The van der Waals surface area contributed by atoms with Crippen LogP contribution in [0.25, 0.3) is 0 Å². The minimum atomic E-state index is 0.0596. The Morgan fingerprint density at radius 2 is 1.73 bits per heavy atom. The van der Waals surface area contributed by atoms with Gasteiger partial charge in [-0.15, -0.1) is 0 Å². The van der Waals surface area contributed by atoms with Gasteiger partial charge >= 0.3 is 0 Å². The fraction of sp³-hybridized carbons (Fsp3) is 0.769. The van der Waals surface area contributed by atoms with Gasteiger partial charge in [0.25, 0.3) is 0 Å². The number of hydrogen-bond donors (Lipinski definition) is 0. The van der Waals surface area contributed by atoms with E-state index in [1.807, 2.05) is 6.92 Å². The highest BCUT2D eigenvalue weighted by molar-refractivity contribution is 5.39. The first-order valence-electron chi connectivity index (χ1n) is 12.2. The van der Waals surface area contributed by atoms with Gasteiger partial charge in [-0.3, -0.25) is 0 Å². The van der Waals surface area contributed by atoms with Crippen molar-refractivity contribution in [1.82, 2.24) is 0 Å². The average molecular weight is 417 g/mol. The lowest BCUT2D eigenvalue weighted by Gasteiger charge is -2.25. The minimum Gasteiger partial charge on any atom is -0.490 e. The molecule has 0 aromatic rings. The molecular formula is C26H40O4. The standard InChI is InChI=1S/C26H40O4/c1-19(27-2)15-30-26-24(12-10-20-6-7-20)14-23(17-28-16-21-4-3-5-21)11-13-25(26)29-18-22-8-9-22/h13-14,19-22H,3-12,15-18H2,1-2H3/t19-/m1/s1. The van der Waals surface area contributed by atoms with Crippen LogP contribution in [0, 0.1) is 17.8 Å². The van der Waals surface area contributed by atoms with Crippen molar-refractivity contribution in [1.29, 1.82) is 0 Å². The molecule has 4 heteroatoms. The first kappa shape index (κ1) is 22.0. The Kier molecular flexibility index (Phi) is 7.95. The maximum absolute atomic E-state index is 6.34. The van der Waals surface area contributed by atoms with E-state index in [-0.39, 0.29) is 6.10 Å². The zero-order chi connectivity index (χ0) is 20.8. The smallest absolute Gasteiger partial charge is 0.164 e. The molecule has 4 aliphatic carbocycles. The van der Waals surface area contributed by atoms with Crippen molar-refractivity contribution < 1.29 is 18.9 Å². The molecule has 4 nitrogen and oxygen atoms in total.